The molecule has 2 aromatic rings. The van der Waals surface area contributed by atoms with Crippen LogP contribution >= 0.6 is 0 Å². The van der Waals surface area contributed by atoms with E-state index in [-0.39, 0.29) is 29.9 Å². The highest BCUT2D eigenvalue weighted by Crippen LogP contribution is 2.48. The van der Waals surface area contributed by atoms with Crippen molar-refractivity contribution in [1.82, 2.24) is 0 Å². The molecule has 0 radical (unpaired) electrons. The molecule has 0 saturated carbocycles. The normalized spacial score (nSPS) is 18.7. The van der Waals surface area contributed by atoms with Gasteiger partial charge >= 0.3 is 5.97 Å². The minimum atomic E-state index is -0.255. The van der Waals surface area contributed by atoms with Crippen molar-refractivity contribution >= 4 is 17.8 Å². The summed E-state index contributed by atoms with van der Waals surface area (Å²) in [5, 5.41) is 0. The number of Topliss-reactive ketones (excluding diaryl/α,β-unsaturated/α-hetero) is 1. The third-order valence-corrected chi connectivity index (χ3v) is 5.36. The summed E-state index contributed by atoms with van der Waals surface area (Å²) in [4.78, 5) is 25.1. The van der Waals surface area contributed by atoms with Gasteiger partial charge in [-0.1, -0.05) is 26.0 Å². The highest BCUT2D eigenvalue weighted by Gasteiger charge is 2.38. The maximum absolute atomic E-state index is 13.1. The van der Waals surface area contributed by atoms with Crippen LogP contribution in [-0.4, -0.2) is 26.0 Å². The Hall–Kier alpha value is -3.28. The van der Waals surface area contributed by atoms with Crippen molar-refractivity contribution in [3.8, 4) is 23.0 Å². The lowest BCUT2D eigenvalue weighted by molar-refractivity contribution is -0.136. The van der Waals surface area contributed by atoms with E-state index in [0.717, 1.165) is 12.0 Å². The second-order valence-electron chi connectivity index (χ2n) is 7.88. The molecule has 30 heavy (non-hydrogen) atoms. The lowest BCUT2D eigenvalue weighted by atomic mass is 9.84. The average molecular weight is 408 g/mol. The summed E-state index contributed by atoms with van der Waals surface area (Å²) in [6.07, 6.45) is 2.74. The molecule has 0 aromatic heterocycles. The zero-order chi connectivity index (χ0) is 21.4. The highest BCUT2D eigenvalue weighted by atomic mass is 16.5. The fourth-order valence-corrected chi connectivity index (χ4v) is 4.13. The zero-order valence-electron chi connectivity index (χ0n) is 17.5. The molecule has 6 heteroatoms. The van der Waals surface area contributed by atoms with E-state index in [1.807, 2.05) is 12.1 Å². The number of allylic oxidation sites excluding steroid dienone is 1. The maximum Gasteiger partial charge on any atom is 0.311 e. The molecular weight excluding hydrogens is 384 g/mol. The fourth-order valence-electron chi connectivity index (χ4n) is 4.13. The van der Waals surface area contributed by atoms with Gasteiger partial charge in [0.25, 0.3) is 0 Å². The van der Waals surface area contributed by atoms with Gasteiger partial charge in [-0.05, 0) is 36.6 Å². The number of esters is 1. The Labute approximate surface area is 175 Å². The van der Waals surface area contributed by atoms with Crippen LogP contribution in [0.2, 0.25) is 0 Å². The van der Waals surface area contributed by atoms with Crippen molar-refractivity contribution in [2.45, 2.75) is 32.6 Å². The summed E-state index contributed by atoms with van der Waals surface area (Å²) < 4.78 is 22.3. The molecule has 2 aliphatic heterocycles. The van der Waals surface area contributed by atoms with Gasteiger partial charge in [0.1, 0.15) is 11.5 Å². The number of carbonyl (C=O) groups excluding carboxylic acids is 2. The zero-order valence-corrected chi connectivity index (χ0v) is 17.5. The van der Waals surface area contributed by atoms with Crippen molar-refractivity contribution in [2.75, 3.05) is 14.2 Å². The van der Waals surface area contributed by atoms with Crippen molar-refractivity contribution in [1.29, 1.82) is 0 Å². The van der Waals surface area contributed by atoms with Gasteiger partial charge in [-0.2, -0.15) is 0 Å². The van der Waals surface area contributed by atoms with Crippen LogP contribution in [0.25, 0.3) is 6.08 Å². The number of methoxy groups -OCH3 is 2. The Kier molecular flexibility index (Phi) is 5.24. The summed E-state index contributed by atoms with van der Waals surface area (Å²) in [6.45, 7) is 4.21. The van der Waals surface area contributed by atoms with Crippen molar-refractivity contribution in [3.63, 3.8) is 0 Å². The van der Waals surface area contributed by atoms with E-state index < -0.39 is 0 Å². The van der Waals surface area contributed by atoms with Crippen molar-refractivity contribution in [2.24, 2.45) is 5.92 Å². The summed E-state index contributed by atoms with van der Waals surface area (Å²) in [5.74, 6) is 2.13. The maximum atomic E-state index is 13.1. The van der Waals surface area contributed by atoms with Crippen molar-refractivity contribution in [3.05, 3.63) is 52.8 Å². The summed E-state index contributed by atoms with van der Waals surface area (Å²) >= 11 is 0. The van der Waals surface area contributed by atoms with Crippen LogP contribution in [0.5, 0.6) is 23.0 Å². The predicted octanol–water partition coefficient (Wildman–Crippen LogP) is 4.76. The number of fused-ring (bicyclic) bond motifs is 3. The number of hydrogen-bond donors (Lipinski definition) is 0. The minimum absolute atomic E-state index is 0.0466. The molecule has 0 spiro atoms. The van der Waals surface area contributed by atoms with E-state index in [4.69, 9.17) is 18.9 Å². The first kappa shape index (κ1) is 20.0. The number of para-hydroxylation sites is 1. The van der Waals surface area contributed by atoms with Crippen LogP contribution < -0.4 is 18.9 Å². The monoisotopic (exact) mass is 408 g/mol. The second-order valence-corrected chi connectivity index (χ2v) is 7.88. The molecule has 0 aliphatic carbocycles. The van der Waals surface area contributed by atoms with E-state index in [2.05, 4.69) is 13.8 Å². The van der Waals surface area contributed by atoms with E-state index in [1.165, 1.54) is 0 Å². The number of carbonyl (C=O) groups is 2. The standard InChI is InChI=1S/C24H24O6/c1-13(2)10-15-12-20(25)29-17-9-8-16-22(26)19(30-24(16)21(15)17)11-14-6-5-7-18(27-3)23(14)28-4/h5-9,11,13,15H,10,12H2,1-4H3. The van der Waals surface area contributed by atoms with Crippen LogP contribution in [0, 0.1) is 5.92 Å². The Morgan fingerprint density at radius 1 is 1.10 bits per heavy atom. The molecule has 2 heterocycles. The largest absolute Gasteiger partial charge is 0.493 e. The third kappa shape index (κ3) is 3.43. The fraction of sp³-hybridized carbons (Fsp3) is 0.333. The minimum Gasteiger partial charge on any atom is -0.493 e. The van der Waals surface area contributed by atoms with E-state index >= 15 is 0 Å². The van der Waals surface area contributed by atoms with Gasteiger partial charge < -0.3 is 18.9 Å². The van der Waals surface area contributed by atoms with E-state index in [0.29, 0.717) is 40.0 Å². The first-order valence-electron chi connectivity index (χ1n) is 9.95. The van der Waals surface area contributed by atoms with Gasteiger partial charge in [0.15, 0.2) is 17.3 Å². The molecule has 2 aromatic carbocycles. The van der Waals surface area contributed by atoms with Crippen LogP contribution in [0.3, 0.4) is 0 Å². The molecule has 6 nitrogen and oxygen atoms in total. The smallest absolute Gasteiger partial charge is 0.311 e. The van der Waals surface area contributed by atoms with Crippen LogP contribution in [0.1, 0.15) is 54.1 Å². The molecule has 156 valence electrons. The quantitative estimate of drug-likeness (QED) is 0.404. The molecule has 2 aliphatic rings. The lowest BCUT2D eigenvalue weighted by Gasteiger charge is -2.27. The lowest BCUT2D eigenvalue weighted by Crippen LogP contribution is -2.21. The average Bonchev–Trinajstić information content (AvgIpc) is 3.02. The number of benzene rings is 2. The van der Waals surface area contributed by atoms with Gasteiger partial charge in [0.2, 0.25) is 5.78 Å². The van der Waals surface area contributed by atoms with Gasteiger partial charge in [-0.25, -0.2) is 0 Å². The first-order valence-corrected chi connectivity index (χ1v) is 9.95. The molecule has 0 bridgehead atoms. The van der Waals surface area contributed by atoms with E-state index in [9.17, 15) is 9.59 Å². The molecule has 0 N–H and O–H groups in total. The summed E-state index contributed by atoms with van der Waals surface area (Å²) in [7, 11) is 3.11. The molecule has 1 unspecified atom stereocenters. The Morgan fingerprint density at radius 3 is 2.60 bits per heavy atom. The Balaban J connectivity index is 1.78. The van der Waals surface area contributed by atoms with Gasteiger partial charge in [0.05, 0.1) is 26.2 Å². The third-order valence-electron chi connectivity index (χ3n) is 5.36. The number of rotatable bonds is 5. The molecule has 0 amide bonds. The van der Waals surface area contributed by atoms with Gasteiger partial charge in [-0.3, -0.25) is 9.59 Å². The SMILES string of the molecule is COc1cccc(C=C2Oc3c(ccc4c3C(CC(C)C)CC(=O)O4)C2=O)c1OC. The Bertz CT molecular complexity index is 1050. The first-order chi connectivity index (χ1) is 14.4. The van der Waals surface area contributed by atoms with Crippen LogP contribution in [0.15, 0.2) is 36.1 Å². The molecule has 0 fully saturated rings. The predicted molar refractivity (Wildman–Crippen MR) is 111 cm³/mol. The summed E-state index contributed by atoms with van der Waals surface area (Å²) in [5.41, 5.74) is 1.95. The molecule has 0 saturated heterocycles. The molecular formula is C24H24O6. The summed E-state index contributed by atoms with van der Waals surface area (Å²) in [6, 6.07) is 8.78. The molecule has 4 rings (SSSR count). The van der Waals surface area contributed by atoms with Gasteiger partial charge in [-0.15, -0.1) is 0 Å². The highest BCUT2D eigenvalue weighted by molar-refractivity contribution is 6.15. The van der Waals surface area contributed by atoms with Gasteiger partial charge in [0, 0.05) is 17.0 Å². The van der Waals surface area contributed by atoms with Crippen molar-refractivity contribution < 1.29 is 28.5 Å². The van der Waals surface area contributed by atoms with Crippen LogP contribution in [0.4, 0.5) is 0 Å². The Morgan fingerprint density at radius 2 is 1.90 bits per heavy atom. The number of ether oxygens (including phenoxy) is 4. The second kappa shape index (κ2) is 7.86. The number of ketones is 1. The molecule has 1 atom stereocenters. The van der Waals surface area contributed by atoms with E-state index in [1.54, 1.807) is 38.5 Å². The topological polar surface area (TPSA) is 71.1 Å². The number of hydrogen-bond acceptors (Lipinski definition) is 6. The van der Waals surface area contributed by atoms with Crippen LogP contribution in [-0.2, 0) is 4.79 Å².